The molecule has 0 radical (unpaired) electrons. The number of rotatable bonds is 4. The Kier molecular flexibility index (Phi) is 3.59. The molecule has 1 heterocycles. The number of hydrogen-bond acceptors (Lipinski definition) is 4. The van der Waals surface area contributed by atoms with Gasteiger partial charge in [0.25, 0.3) is 10.0 Å². The highest BCUT2D eigenvalue weighted by Gasteiger charge is 2.24. The van der Waals surface area contributed by atoms with Gasteiger partial charge in [-0.15, -0.1) is 0 Å². The van der Waals surface area contributed by atoms with Crippen molar-refractivity contribution < 1.29 is 8.42 Å². The van der Waals surface area contributed by atoms with Crippen LogP contribution in [-0.4, -0.2) is 25.7 Å². The second-order valence-corrected chi connectivity index (χ2v) is 6.14. The summed E-state index contributed by atoms with van der Waals surface area (Å²) in [4.78, 5) is 0.174. The first kappa shape index (κ1) is 13.6. The number of aryl methyl sites for hydroxylation is 1. The molecule has 1 aromatic carbocycles. The number of H-pyrrole nitrogens is 1. The number of nitrogens with two attached hydrogens (primary N) is 1. The quantitative estimate of drug-likeness (QED) is 0.874. The van der Waals surface area contributed by atoms with E-state index in [4.69, 9.17) is 5.73 Å². The Morgan fingerprint density at radius 1 is 1.42 bits per heavy atom. The van der Waals surface area contributed by atoms with Crippen LogP contribution in [0.3, 0.4) is 0 Å². The molecule has 0 aliphatic rings. The van der Waals surface area contributed by atoms with Crippen molar-refractivity contribution in [3.8, 4) is 0 Å². The topological polar surface area (TPSA) is 92.1 Å². The highest BCUT2D eigenvalue weighted by atomic mass is 32.2. The lowest BCUT2D eigenvalue weighted by Crippen LogP contribution is -2.27. The number of nitrogens with one attached hydrogen (secondary N) is 1. The predicted octanol–water partition coefficient (Wildman–Crippen LogP) is 1.00. The van der Waals surface area contributed by atoms with E-state index in [1.807, 2.05) is 6.07 Å². The molecule has 0 unspecified atom stereocenters. The van der Waals surface area contributed by atoms with Crippen molar-refractivity contribution in [3.05, 3.63) is 41.7 Å². The van der Waals surface area contributed by atoms with E-state index in [2.05, 4.69) is 10.2 Å². The molecule has 0 amide bonds. The van der Waals surface area contributed by atoms with Crippen molar-refractivity contribution in [1.82, 2.24) is 10.2 Å². The van der Waals surface area contributed by atoms with Gasteiger partial charge in [-0.1, -0.05) is 12.1 Å². The van der Waals surface area contributed by atoms with Crippen LogP contribution in [0.2, 0.25) is 0 Å². The standard InChI is InChI=1S/C12H16N4O2S/c1-9-12(8-14-15-9)19(17,18)16(2)11-5-3-4-10(6-11)7-13/h3-6,8H,7,13H2,1-2H3,(H,14,15). The van der Waals surface area contributed by atoms with Crippen LogP contribution in [0.4, 0.5) is 5.69 Å². The molecule has 1 aromatic heterocycles. The van der Waals surface area contributed by atoms with Gasteiger partial charge in [0.15, 0.2) is 0 Å². The maximum Gasteiger partial charge on any atom is 0.267 e. The molecule has 2 rings (SSSR count). The molecule has 0 aliphatic carbocycles. The third-order valence-corrected chi connectivity index (χ3v) is 4.83. The van der Waals surface area contributed by atoms with Crippen LogP contribution in [0, 0.1) is 6.92 Å². The van der Waals surface area contributed by atoms with E-state index in [1.54, 1.807) is 25.1 Å². The SMILES string of the molecule is Cc1[nH]ncc1S(=O)(=O)N(C)c1cccc(CN)c1. The van der Waals surface area contributed by atoms with E-state index in [1.165, 1.54) is 17.5 Å². The summed E-state index contributed by atoms with van der Waals surface area (Å²) >= 11 is 0. The van der Waals surface area contributed by atoms with Gasteiger partial charge in [0.2, 0.25) is 0 Å². The number of hydrogen-bond donors (Lipinski definition) is 2. The lowest BCUT2D eigenvalue weighted by molar-refractivity contribution is 0.594. The predicted molar refractivity (Wildman–Crippen MR) is 73.2 cm³/mol. The summed E-state index contributed by atoms with van der Waals surface area (Å²) in [6, 6.07) is 7.12. The summed E-state index contributed by atoms with van der Waals surface area (Å²) < 4.78 is 26.1. The number of benzene rings is 1. The lowest BCUT2D eigenvalue weighted by atomic mass is 10.2. The third kappa shape index (κ3) is 2.47. The van der Waals surface area contributed by atoms with Crippen LogP contribution < -0.4 is 10.0 Å². The molecule has 3 N–H and O–H groups in total. The molecule has 0 fully saturated rings. The Morgan fingerprint density at radius 2 is 2.16 bits per heavy atom. The minimum Gasteiger partial charge on any atom is -0.326 e. The van der Waals surface area contributed by atoms with Crippen LogP contribution in [0.1, 0.15) is 11.3 Å². The fourth-order valence-corrected chi connectivity index (χ4v) is 3.07. The number of aromatic nitrogens is 2. The lowest BCUT2D eigenvalue weighted by Gasteiger charge is -2.19. The molecule has 19 heavy (non-hydrogen) atoms. The van der Waals surface area contributed by atoms with Gasteiger partial charge in [0.05, 0.1) is 17.6 Å². The van der Waals surface area contributed by atoms with Crippen molar-refractivity contribution in [3.63, 3.8) is 0 Å². The first-order valence-corrected chi connectivity index (χ1v) is 7.18. The summed E-state index contributed by atoms with van der Waals surface area (Å²) in [6.07, 6.45) is 1.31. The van der Waals surface area contributed by atoms with Crippen molar-refractivity contribution in [2.75, 3.05) is 11.4 Å². The molecular weight excluding hydrogens is 264 g/mol. The van der Waals surface area contributed by atoms with Gasteiger partial charge in [0, 0.05) is 13.6 Å². The van der Waals surface area contributed by atoms with Crippen LogP contribution >= 0.6 is 0 Å². The molecule has 7 heteroatoms. The van der Waals surface area contributed by atoms with E-state index in [9.17, 15) is 8.42 Å². The second-order valence-electron chi connectivity index (χ2n) is 4.21. The van der Waals surface area contributed by atoms with E-state index in [0.717, 1.165) is 5.56 Å². The normalized spacial score (nSPS) is 11.5. The molecule has 2 aromatic rings. The molecule has 102 valence electrons. The van der Waals surface area contributed by atoms with Crippen LogP contribution in [-0.2, 0) is 16.6 Å². The smallest absolute Gasteiger partial charge is 0.267 e. The number of sulfonamides is 1. The minimum atomic E-state index is -3.61. The molecule has 0 saturated carbocycles. The molecule has 0 bridgehead atoms. The molecule has 0 spiro atoms. The Morgan fingerprint density at radius 3 is 2.74 bits per heavy atom. The van der Waals surface area contributed by atoms with Crippen LogP contribution in [0.5, 0.6) is 0 Å². The van der Waals surface area contributed by atoms with Gasteiger partial charge in [0.1, 0.15) is 4.90 Å². The average Bonchev–Trinajstić information content (AvgIpc) is 2.85. The van der Waals surface area contributed by atoms with Gasteiger partial charge in [-0.05, 0) is 24.6 Å². The summed E-state index contributed by atoms with van der Waals surface area (Å²) in [7, 11) is -2.09. The summed E-state index contributed by atoms with van der Waals surface area (Å²) in [5.74, 6) is 0. The molecular formula is C12H16N4O2S. The molecule has 6 nitrogen and oxygen atoms in total. The maximum absolute atomic E-state index is 12.4. The summed E-state index contributed by atoms with van der Waals surface area (Å²) in [5, 5.41) is 6.37. The van der Waals surface area contributed by atoms with Crippen molar-refractivity contribution in [2.45, 2.75) is 18.4 Å². The zero-order valence-corrected chi connectivity index (χ0v) is 11.6. The number of anilines is 1. The fraction of sp³-hybridized carbons (Fsp3) is 0.250. The molecule has 0 aliphatic heterocycles. The van der Waals surface area contributed by atoms with Gasteiger partial charge in [-0.25, -0.2) is 8.42 Å². The van der Waals surface area contributed by atoms with E-state index >= 15 is 0 Å². The highest BCUT2D eigenvalue weighted by molar-refractivity contribution is 7.92. The van der Waals surface area contributed by atoms with Crippen molar-refractivity contribution in [2.24, 2.45) is 5.73 Å². The molecule has 0 saturated heterocycles. The minimum absolute atomic E-state index is 0.174. The van der Waals surface area contributed by atoms with Gasteiger partial charge < -0.3 is 5.73 Å². The Balaban J connectivity index is 2.43. The van der Waals surface area contributed by atoms with E-state index in [-0.39, 0.29) is 4.90 Å². The third-order valence-electron chi connectivity index (χ3n) is 2.93. The van der Waals surface area contributed by atoms with Gasteiger partial charge in [-0.3, -0.25) is 9.40 Å². The van der Waals surface area contributed by atoms with E-state index in [0.29, 0.717) is 17.9 Å². The largest absolute Gasteiger partial charge is 0.326 e. The Bertz CT molecular complexity index is 679. The zero-order chi connectivity index (χ0) is 14.0. The molecule has 0 atom stereocenters. The Labute approximate surface area is 112 Å². The average molecular weight is 280 g/mol. The summed E-state index contributed by atoms with van der Waals surface area (Å²) in [5.41, 5.74) is 7.53. The zero-order valence-electron chi connectivity index (χ0n) is 10.8. The van der Waals surface area contributed by atoms with Crippen LogP contribution in [0.25, 0.3) is 0 Å². The Hall–Kier alpha value is -1.86. The number of aromatic amines is 1. The monoisotopic (exact) mass is 280 g/mol. The maximum atomic E-state index is 12.4. The fourth-order valence-electron chi connectivity index (χ4n) is 1.77. The van der Waals surface area contributed by atoms with Gasteiger partial charge in [-0.2, -0.15) is 5.10 Å². The number of nitrogens with zero attached hydrogens (tertiary/aromatic N) is 2. The highest BCUT2D eigenvalue weighted by Crippen LogP contribution is 2.23. The second kappa shape index (κ2) is 5.02. The van der Waals surface area contributed by atoms with Gasteiger partial charge >= 0.3 is 0 Å². The summed E-state index contributed by atoms with van der Waals surface area (Å²) in [6.45, 7) is 2.04. The first-order valence-electron chi connectivity index (χ1n) is 5.74. The first-order chi connectivity index (χ1) is 8.96. The van der Waals surface area contributed by atoms with Crippen molar-refractivity contribution in [1.29, 1.82) is 0 Å². The van der Waals surface area contributed by atoms with Crippen LogP contribution in [0.15, 0.2) is 35.4 Å². The van der Waals surface area contributed by atoms with Crippen molar-refractivity contribution >= 4 is 15.7 Å². The van der Waals surface area contributed by atoms with E-state index < -0.39 is 10.0 Å².